The van der Waals surface area contributed by atoms with Gasteiger partial charge in [-0.1, -0.05) is 6.07 Å². The molecule has 4 heteroatoms. The van der Waals surface area contributed by atoms with E-state index in [-0.39, 0.29) is 5.75 Å². The van der Waals surface area contributed by atoms with E-state index in [0.717, 1.165) is 24.2 Å². The number of aromatic nitrogens is 1. The lowest BCUT2D eigenvalue weighted by Crippen LogP contribution is -2.12. The van der Waals surface area contributed by atoms with Gasteiger partial charge in [0, 0.05) is 5.56 Å². The van der Waals surface area contributed by atoms with Crippen LogP contribution in [0.4, 0.5) is 0 Å². The molecule has 1 fully saturated rings. The van der Waals surface area contributed by atoms with E-state index >= 15 is 0 Å². The number of nitrogens with zero attached hydrogens (tertiary/aromatic N) is 1. The van der Waals surface area contributed by atoms with Crippen molar-refractivity contribution in [1.82, 2.24) is 10.3 Å². The molecule has 1 aliphatic rings. The minimum Gasteiger partial charge on any atom is -0.508 e. The highest BCUT2D eigenvalue weighted by atomic mass is 16.3. The standard InChI is InChI=1S/C13H14N2O2/c16-10-4-1-3-9(7-10)13-15-12(8-17-13)11-5-2-6-14-11/h1,3-4,7-8,11,14,16H,2,5-6H2. The van der Waals surface area contributed by atoms with Crippen LogP contribution in [0.1, 0.15) is 24.6 Å². The molecule has 0 bridgehead atoms. The summed E-state index contributed by atoms with van der Waals surface area (Å²) in [5.41, 5.74) is 1.75. The number of rotatable bonds is 2. The molecule has 0 radical (unpaired) electrons. The molecule has 1 aromatic heterocycles. The van der Waals surface area contributed by atoms with Gasteiger partial charge in [-0.3, -0.25) is 0 Å². The highest BCUT2D eigenvalue weighted by Crippen LogP contribution is 2.27. The molecule has 0 saturated carbocycles. The summed E-state index contributed by atoms with van der Waals surface area (Å²) < 4.78 is 5.46. The highest BCUT2D eigenvalue weighted by molar-refractivity contribution is 5.55. The molecule has 3 rings (SSSR count). The Morgan fingerprint density at radius 2 is 2.35 bits per heavy atom. The first-order chi connectivity index (χ1) is 8.33. The smallest absolute Gasteiger partial charge is 0.226 e. The Kier molecular flexibility index (Phi) is 2.57. The molecule has 88 valence electrons. The van der Waals surface area contributed by atoms with Crippen molar-refractivity contribution in [3.63, 3.8) is 0 Å². The first kappa shape index (κ1) is 10.4. The predicted molar refractivity (Wildman–Crippen MR) is 63.6 cm³/mol. The average molecular weight is 230 g/mol. The zero-order valence-electron chi connectivity index (χ0n) is 9.39. The Hall–Kier alpha value is -1.81. The van der Waals surface area contributed by atoms with Crippen LogP contribution >= 0.6 is 0 Å². The molecule has 2 heterocycles. The van der Waals surface area contributed by atoms with E-state index in [4.69, 9.17) is 4.42 Å². The van der Waals surface area contributed by atoms with Crippen molar-refractivity contribution >= 4 is 0 Å². The third-order valence-corrected chi connectivity index (χ3v) is 3.03. The Bertz CT molecular complexity index is 516. The summed E-state index contributed by atoms with van der Waals surface area (Å²) in [6.45, 7) is 1.04. The third-order valence-electron chi connectivity index (χ3n) is 3.03. The second-order valence-electron chi connectivity index (χ2n) is 4.28. The number of phenols is 1. The Morgan fingerprint density at radius 3 is 3.12 bits per heavy atom. The van der Waals surface area contributed by atoms with Crippen molar-refractivity contribution < 1.29 is 9.52 Å². The largest absolute Gasteiger partial charge is 0.508 e. The van der Waals surface area contributed by atoms with Crippen LogP contribution in [-0.4, -0.2) is 16.6 Å². The van der Waals surface area contributed by atoms with E-state index in [1.807, 2.05) is 6.07 Å². The van der Waals surface area contributed by atoms with Crippen LogP contribution in [0.2, 0.25) is 0 Å². The Morgan fingerprint density at radius 1 is 1.41 bits per heavy atom. The fourth-order valence-electron chi connectivity index (χ4n) is 2.15. The van der Waals surface area contributed by atoms with E-state index in [1.54, 1.807) is 24.5 Å². The lowest BCUT2D eigenvalue weighted by Gasteiger charge is -2.03. The summed E-state index contributed by atoms with van der Waals surface area (Å²) in [6.07, 6.45) is 3.98. The number of aromatic hydroxyl groups is 1. The van der Waals surface area contributed by atoms with Crippen LogP contribution in [0.25, 0.3) is 11.5 Å². The molecule has 17 heavy (non-hydrogen) atoms. The van der Waals surface area contributed by atoms with Crippen LogP contribution in [0.15, 0.2) is 34.9 Å². The predicted octanol–water partition coefficient (Wildman–Crippen LogP) is 2.47. The fourth-order valence-corrected chi connectivity index (χ4v) is 2.15. The molecule has 1 saturated heterocycles. The SMILES string of the molecule is Oc1cccc(-c2nc(C3CCCN3)co2)c1. The van der Waals surface area contributed by atoms with Gasteiger partial charge in [0.15, 0.2) is 0 Å². The highest BCUT2D eigenvalue weighted by Gasteiger charge is 2.20. The van der Waals surface area contributed by atoms with Crippen LogP contribution in [-0.2, 0) is 0 Å². The lowest BCUT2D eigenvalue weighted by molar-refractivity contribution is 0.475. The Labute approximate surface area is 99.3 Å². The molecule has 0 amide bonds. The summed E-state index contributed by atoms with van der Waals surface area (Å²) >= 11 is 0. The fraction of sp³-hybridized carbons (Fsp3) is 0.308. The maximum absolute atomic E-state index is 9.41. The third kappa shape index (κ3) is 2.03. The van der Waals surface area contributed by atoms with Gasteiger partial charge in [0.2, 0.25) is 5.89 Å². The second-order valence-corrected chi connectivity index (χ2v) is 4.28. The maximum Gasteiger partial charge on any atom is 0.226 e. The Balaban J connectivity index is 1.89. The average Bonchev–Trinajstić information content (AvgIpc) is 3.00. The zero-order chi connectivity index (χ0) is 11.7. The first-order valence-electron chi connectivity index (χ1n) is 5.81. The minimum atomic E-state index is 0.223. The molecule has 1 unspecified atom stereocenters. The second kappa shape index (κ2) is 4.22. The lowest BCUT2D eigenvalue weighted by atomic mass is 10.2. The molecule has 1 aromatic carbocycles. The van der Waals surface area contributed by atoms with E-state index in [9.17, 15) is 5.11 Å². The molecule has 1 atom stereocenters. The summed E-state index contributed by atoms with van der Waals surface area (Å²) in [4.78, 5) is 4.46. The van der Waals surface area contributed by atoms with Gasteiger partial charge >= 0.3 is 0 Å². The number of hydrogen-bond acceptors (Lipinski definition) is 4. The normalized spacial score (nSPS) is 19.6. The summed E-state index contributed by atoms with van der Waals surface area (Å²) in [7, 11) is 0. The van der Waals surface area contributed by atoms with Gasteiger partial charge in [-0.25, -0.2) is 4.98 Å². The van der Waals surface area contributed by atoms with Crippen molar-refractivity contribution in [1.29, 1.82) is 0 Å². The van der Waals surface area contributed by atoms with Crippen molar-refractivity contribution in [2.75, 3.05) is 6.54 Å². The quantitative estimate of drug-likeness (QED) is 0.832. The molecule has 2 N–H and O–H groups in total. The molecule has 0 spiro atoms. The van der Waals surface area contributed by atoms with E-state index in [2.05, 4.69) is 10.3 Å². The molecular formula is C13H14N2O2. The van der Waals surface area contributed by atoms with Gasteiger partial charge in [0.1, 0.15) is 12.0 Å². The van der Waals surface area contributed by atoms with Crippen LogP contribution in [0.3, 0.4) is 0 Å². The summed E-state index contributed by atoms with van der Waals surface area (Å²) in [6, 6.07) is 7.24. The first-order valence-corrected chi connectivity index (χ1v) is 5.81. The van der Waals surface area contributed by atoms with Gasteiger partial charge in [-0.15, -0.1) is 0 Å². The van der Waals surface area contributed by atoms with Crippen LogP contribution < -0.4 is 5.32 Å². The topological polar surface area (TPSA) is 58.3 Å². The van der Waals surface area contributed by atoms with Gasteiger partial charge in [0.05, 0.1) is 11.7 Å². The van der Waals surface area contributed by atoms with Gasteiger partial charge < -0.3 is 14.8 Å². The monoisotopic (exact) mass is 230 g/mol. The number of nitrogens with one attached hydrogen (secondary N) is 1. The van der Waals surface area contributed by atoms with Gasteiger partial charge in [-0.05, 0) is 37.6 Å². The minimum absolute atomic E-state index is 0.223. The van der Waals surface area contributed by atoms with Crippen molar-refractivity contribution in [3.05, 3.63) is 36.2 Å². The van der Waals surface area contributed by atoms with Crippen LogP contribution in [0, 0.1) is 0 Å². The number of benzene rings is 1. The van der Waals surface area contributed by atoms with Crippen molar-refractivity contribution in [2.24, 2.45) is 0 Å². The van der Waals surface area contributed by atoms with Crippen molar-refractivity contribution in [3.8, 4) is 17.2 Å². The van der Waals surface area contributed by atoms with Gasteiger partial charge in [0.25, 0.3) is 0 Å². The number of oxazole rings is 1. The summed E-state index contributed by atoms with van der Waals surface area (Å²) in [5.74, 6) is 0.783. The molecule has 1 aliphatic heterocycles. The molecular weight excluding hydrogens is 216 g/mol. The van der Waals surface area contributed by atoms with E-state index in [1.165, 1.54) is 6.42 Å². The molecule has 2 aromatic rings. The van der Waals surface area contributed by atoms with E-state index < -0.39 is 0 Å². The number of hydrogen-bond donors (Lipinski definition) is 2. The van der Waals surface area contributed by atoms with Crippen LogP contribution in [0.5, 0.6) is 5.75 Å². The number of phenolic OH excluding ortho intramolecular Hbond substituents is 1. The molecule has 0 aliphatic carbocycles. The summed E-state index contributed by atoms with van der Waals surface area (Å²) in [5, 5.41) is 12.8. The zero-order valence-corrected chi connectivity index (χ0v) is 9.39. The maximum atomic E-state index is 9.41. The van der Waals surface area contributed by atoms with E-state index in [0.29, 0.717) is 11.9 Å². The van der Waals surface area contributed by atoms with Gasteiger partial charge in [-0.2, -0.15) is 0 Å². The molecule has 4 nitrogen and oxygen atoms in total. The van der Waals surface area contributed by atoms with Crippen molar-refractivity contribution in [2.45, 2.75) is 18.9 Å².